The van der Waals surface area contributed by atoms with E-state index in [2.05, 4.69) is 4.98 Å². The molecule has 0 atom stereocenters. The summed E-state index contributed by atoms with van der Waals surface area (Å²) in [4.78, 5) is 3.38. The number of pyridine rings is 1. The maximum absolute atomic E-state index is 13.5. The average molecular weight is 239 g/mol. The molecule has 88 valence electrons. The summed E-state index contributed by atoms with van der Waals surface area (Å²) in [6, 6.07) is 4.92. The van der Waals surface area contributed by atoms with Gasteiger partial charge < -0.3 is 5.11 Å². The first-order valence-electron chi connectivity index (χ1n) is 4.83. The maximum Gasteiger partial charge on any atom is 0.218 e. The van der Waals surface area contributed by atoms with Crippen molar-refractivity contribution in [1.82, 2.24) is 4.98 Å². The van der Waals surface area contributed by atoms with E-state index in [1.807, 2.05) is 0 Å². The van der Waals surface area contributed by atoms with E-state index in [-0.39, 0.29) is 16.7 Å². The molecule has 0 fully saturated rings. The number of hydrogen-bond acceptors (Lipinski definition) is 2. The Bertz CT molecular complexity index is 557. The topological polar surface area (TPSA) is 33.1 Å². The van der Waals surface area contributed by atoms with Crippen LogP contribution in [-0.2, 0) is 6.61 Å². The SMILES string of the molecule is OCc1cc(-c2cccc(F)c2F)cnc1F. The molecule has 2 aromatic rings. The van der Waals surface area contributed by atoms with Crippen LogP contribution in [0.25, 0.3) is 11.1 Å². The standard InChI is InChI=1S/C12H8F3NO/c13-10-3-1-2-9(11(10)14)7-4-8(6-17)12(15)16-5-7/h1-5,17H,6H2. The van der Waals surface area contributed by atoms with Crippen LogP contribution in [0.15, 0.2) is 30.5 Å². The lowest BCUT2D eigenvalue weighted by Gasteiger charge is -2.06. The molecule has 17 heavy (non-hydrogen) atoms. The van der Waals surface area contributed by atoms with E-state index in [4.69, 9.17) is 5.11 Å². The molecule has 5 heteroatoms. The van der Waals surface area contributed by atoms with Gasteiger partial charge in [-0.25, -0.2) is 13.8 Å². The third kappa shape index (κ3) is 2.14. The van der Waals surface area contributed by atoms with Gasteiger partial charge in [-0.05, 0) is 12.1 Å². The second-order valence-corrected chi connectivity index (χ2v) is 3.43. The molecule has 1 N–H and O–H groups in total. The fraction of sp³-hybridized carbons (Fsp3) is 0.0833. The molecular weight excluding hydrogens is 231 g/mol. The molecule has 1 aromatic carbocycles. The van der Waals surface area contributed by atoms with Crippen molar-refractivity contribution in [2.24, 2.45) is 0 Å². The molecule has 0 bridgehead atoms. The second-order valence-electron chi connectivity index (χ2n) is 3.43. The Labute approximate surface area is 95.4 Å². The van der Waals surface area contributed by atoms with Gasteiger partial charge in [-0.1, -0.05) is 12.1 Å². The van der Waals surface area contributed by atoms with Crippen molar-refractivity contribution in [2.45, 2.75) is 6.61 Å². The van der Waals surface area contributed by atoms with Gasteiger partial charge in [-0.15, -0.1) is 0 Å². The van der Waals surface area contributed by atoms with Crippen molar-refractivity contribution < 1.29 is 18.3 Å². The van der Waals surface area contributed by atoms with Crippen LogP contribution in [0.1, 0.15) is 5.56 Å². The van der Waals surface area contributed by atoms with Crippen LogP contribution in [0, 0.1) is 17.6 Å². The smallest absolute Gasteiger partial charge is 0.218 e. The van der Waals surface area contributed by atoms with Gasteiger partial charge in [0.05, 0.1) is 6.61 Å². The summed E-state index contributed by atoms with van der Waals surface area (Å²) in [5.41, 5.74) is 0.130. The van der Waals surface area contributed by atoms with Gasteiger partial charge >= 0.3 is 0 Å². The van der Waals surface area contributed by atoms with E-state index in [1.165, 1.54) is 18.2 Å². The molecule has 0 spiro atoms. The normalized spacial score (nSPS) is 10.6. The predicted octanol–water partition coefficient (Wildman–Crippen LogP) is 2.66. The van der Waals surface area contributed by atoms with Crippen molar-refractivity contribution in [3.05, 3.63) is 53.6 Å². The first-order valence-corrected chi connectivity index (χ1v) is 4.83. The monoisotopic (exact) mass is 239 g/mol. The largest absolute Gasteiger partial charge is 0.392 e. The van der Waals surface area contributed by atoms with Gasteiger partial charge in [0, 0.05) is 22.9 Å². The molecule has 2 rings (SSSR count). The lowest BCUT2D eigenvalue weighted by Crippen LogP contribution is -1.96. The van der Waals surface area contributed by atoms with Crippen LogP contribution < -0.4 is 0 Å². The van der Waals surface area contributed by atoms with Gasteiger partial charge in [0.2, 0.25) is 5.95 Å². The van der Waals surface area contributed by atoms with Crippen molar-refractivity contribution >= 4 is 0 Å². The Balaban J connectivity index is 2.57. The molecule has 0 aliphatic rings. The Kier molecular flexibility index (Phi) is 3.10. The molecule has 0 saturated carbocycles. The second kappa shape index (κ2) is 4.55. The summed E-state index contributed by atoms with van der Waals surface area (Å²) >= 11 is 0. The predicted molar refractivity (Wildman–Crippen MR) is 55.5 cm³/mol. The summed E-state index contributed by atoms with van der Waals surface area (Å²) < 4.78 is 39.5. The van der Waals surface area contributed by atoms with Crippen molar-refractivity contribution in [3.63, 3.8) is 0 Å². The summed E-state index contributed by atoms with van der Waals surface area (Å²) in [6.45, 7) is -0.552. The number of halogens is 3. The van der Waals surface area contributed by atoms with Crippen LogP contribution in [0.5, 0.6) is 0 Å². The zero-order valence-corrected chi connectivity index (χ0v) is 8.62. The van der Waals surface area contributed by atoms with Crippen LogP contribution in [-0.4, -0.2) is 10.1 Å². The highest BCUT2D eigenvalue weighted by molar-refractivity contribution is 5.63. The maximum atomic E-state index is 13.5. The minimum atomic E-state index is -1.02. The van der Waals surface area contributed by atoms with E-state index < -0.39 is 24.2 Å². The quantitative estimate of drug-likeness (QED) is 0.817. The van der Waals surface area contributed by atoms with Crippen LogP contribution in [0.4, 0.5) is 13.2 Å². The minimum absolute atomic E-state index is 0.0211. The highest BCUT2D eigenvalue weighted by atomic mass is 19.2. The van der Waals surface area contributed by atoms with Gasteiger partial charge in [0.1, 0.15) is 0 Å². The van der Waals surface area contributed by atoms with Gasteiger partial charge in [0.25, 0.3) is 0 Å². The van der Waals surface area contributed by atoms with Gasteiger partial charge in [-0.2, -0.15) is 4.39 Å². The Morgan fingerprint density at radius 3 is 2.65 bits per heavy atom. The molecule has 0 unspecified atom stereocenters. The number of hydrogen-bond donors (Lipinski definition) is 1. The Hall–Kier alpha value is -1.88. The number of aromatic nitrogens is 1. The molecular formula is C12H8F3NO. The Morgan fingerprint density at radius 2 is 1.94 bits per heavy atom. The van der Waals surface area contributed by atoms with Crippen LogP contribution >= 0.6 is 0 Å². The molecule has 0 aliphatic carbocycles. The van der Waals surface area contributed by atoms with E-state index in [0.717, 1.165) is 12.3 Å². The first-order chi connectivity index (χ1) is 8.13. The highest BCUT2D eigenvalue weighted by Crippen LogP contribution is 2.25. The molecule has 0 amide bonds. The number of rotatable bonds is 2. The highest BCUT2D eigenvalue weighted by Gasteiger charge is 2.12. The van der Waals surface area contributed by atoms with Crippen molar-refractivity contribution in [3.8, 4) is 11.1 Å². The lowest BCUT2D eigenvalue weighted by atomic mass is 10.1. The molecule has 1 aromatic heterocycles. The molecule has 1 heterocycles. The fourth-order valence-electron chi connectivity index (χ4n) is 1.48. The van der Waals surface area contributed by atoms with Gasteiger partial charge in [0.15, 0.2) is 11.6 Å². The molecule has 2 nitrogen and oxygen atoms in total. The number of aliphatic hydroxyl groups excluding tert-OH is 1. The number of aliphatic hydroxyl groups is 1. The molecule has 0 saturated heterocycles. The van der Waals surface area contributed by atoms with E-state index in [0.29, 0.717) is 0 Å². The summed E-state index contributed by atoms with van der Waals surface area (Å²) in [5.74, 6) is -2.84. The van der Waals surface area contributed by atoms with Crippen molar-refractivity contribution in [1.29, 1.82) is 0 Å². The van der Waals surface area contributed by atoms with Crippen molar-refractivity contribution in [2.75, 3.05) is 0 Å². The third-order valence-corrected chi connectivity index (χ3v) is 2.34. The van der Waals surface area contributed by atoms with Crippen LogP contribution in [0.2, 0.25) is 0 Å². The third-order valence-electron chi connectivity index (χ3n) is 2.34. The number of benzene rings is 1. The molecule has 0 aliphatic heterocycles. The van der Waals surface area contributed by atoms with Gasteiger partial charge in [-0.3, -0.25) is 0 Å². The lowest BCUT2D eigenvalue weighted by molar-refractivity contribution is 0.274. The fourth-order valence-corrected chi connectivity index (χ4v) is 1.48. The molecule has 0 radical (unpaired) electrons. The summed E-state index contributed by atoms with van der Waals surface area (Å²) in [6.07, 6.45) is 1.09. The zero-order valence-electron chi connectivity index (χ0n) is 8.62. The van der Waals surface area contributed by atoms with Crippen LogP contribution in [0.3, 0.4) is 0 Å². The zero-order chi connectivity index (χ0) is 12.4. The summed E-state index contributed by atoms with van der Waals surface area (Å²) in [7, 11) is 0. The average Bonchev–Trinajstić information content (AvgIpc) is 2.34. The minimum Gasteiger partial charge on any atom is -0.392 e. The number of nitrogens with zero attached hydrogens (tertiary/aromatic N) is 1. The van der Waals surface area contributed by atoms with E-state index in [1.54, 1.807) is 0 Å². The summed E-state index contributed by atoms with van der Waals surface area (Å²) in [5, 5.41) is 8.87. The Morgan fingerprint density at radius 1 is 1.18 bits per heavy atom. The first kappa shape index (κ1) is 11.6. The van der Waals surface area contributed by atoms with E-state index >= 15 is 0 Å². The van der Waals surface area contributed by atoms with E-state index in [9.17, 15) is 13.2 Å².